The maximum Gasteiger partial charge on any atom is 0.356 e. The Morgan fingerprint density at radius 1 is 1.56 bits per heavy atom. The van der Waals surface area contributed by atoms with Crippen molar-refractivity contribution < 1.29 is 14.3 Å². The number of esters is 1. The molecule has 1 aliphatic rings. The Morgan fingerprint density at radius 2 is 2.28 bits per heavy atom. The van der Waals surface area contributed by atoms with Gasteiger partial charge in [0.15, 0.2) is 0 Å². The highest BCUT2D eigenvalue weighted by atomic mass is 16.5. The molecule has 18 heavy (non-hydrogen) atoms. The Morgan fingerprint density at radius 3 is 2.89 bits per heavy atom. The average Bonchev–Trinajstić information content (AvgIpc) is 3.08. The van der Waals surface area contributed by atoms with Crippen LogP contribution in [0.2, 0.25) is 0 Å². The number of nitrogens with zero attached hydrogens (tertiary/aromatic N) is 2. The number of imidazole rings is 1. The normalized spacial score (nSPS) is 14.3. The molecule has 0 bridgehead atoms. The van der Waals surface area contributed by atoms with E-state index in [-0.39, 0.29) is 5.91 Å². The van der Waals surface area contributed by atoms with Crippen LogP contribution in [0.1, 0.15) is 35.6 Å². The van der Waals surface area contributed by atoms with Crippen LogP contribution in [0.4, 0.5) is 0 Å². The summed E-state index contributed by atoms with van der Waals surface area (Å²) in [5, 5.41) is 2.91. The highest BCUT2D eigenvalue weighted by Gasteiger charge is 2.23. The molecule has 0 radical (unpaired) electrons. The van der Waals surface area contributed by atoms with Crippen LogP contribution in [-0.2, 0) is 16.1 Å². The molecule has 1 aromatic heterocycles. The lowest BCUT2D eigenvalue weighted by atomic mass is 10.3. The summed E-state index contributed by atoms with van der Waals surface area (Å²) in [4.78, 5) is 27.2. The molecule has 1 saturated carbocycles. The molecule has 6 heteroatoms. The molecule has 0 spiro atoms. The van der Waals surface area contributed by atoms with Crippen molar-refractivity contribution >= 4 is 11.9 Å². The minimum Gasteiger partial charge on any atom is -0.464 e. The monoisotopic (exact) mass is 251 g/mol. The smallest absolute Gasteiger partial charge is 0.356 e. The third-order valence-corrected chi connectivity index (χ3v) is 2.95. The van der Waals surface area contributed by atoms with E-state index < -0.39 is 5.97 Å². The molecule has 0 saturated heterocycles. The minimum atomic E-state index is -0.432. The largest absolute Gasteiger partial charge is 0.464 e. The van der Waals surface area contributed by atoms with Gasteiger partial charge in [0.1, 0.15) is 11.5 Å². The predicted molar refractivity (Wildman–Crippen MR) is 64.1 cm³/mol. The fourth-order valence-corrected chi connectivity index (χ4v) is 1.76. The molecule has 2 rings (SSSR count). The number of aromatic nitrogens is 2. The van der Waals surface area contributed by atoms with Crippen molar-refractivity contribution in [3.05, 3.63) is 17.7 Å². The third kappa shape index (κ3) is 2.88. The number of rotatable bonds is 5. The number of aryl methyl sites for hydroxylation is 1. The molecule has 1 aliphatic carbocycles. The van der Waals surface area contributed by atoms with Gasteiger partial charge in [-0.25, -0.2) is 9.78 Å². The average molecular weight is 251 g/mol. The molecule has 1 N–H and O–H groups in total. The molecule has 6 nitrogen and oxygen atoms in total. The van der Waals surface area contributed by atoms with Gasteiger partial charge >= 0.3 is 5.97 Å². The van der Waals surface area contributed by atoms with Gasteiger partial charge in [-0.3, -0.25) is 4.79 Å². The standard InChI is InChI=1S/C12H17N3O3/c1-8-13-7-10(12(17)18-2)15(8)6-5-11(16)14-9-3-4-9/h7,9H,3-6H2,1-2H3,(H,14,16). The van der Waals surface area contributed by atoms with Crippen LogP contribution < -0.4 is 5.32 Å². The number of methoxy groups -OCH3 is 1. The Kier molecular flexibility index (Phi) is 3.64. The van der Waals surface area contributed by atoms with Crippen molar-refractivity contribution in [2.45, 2.75) is 38.8 Å². The van der Waals surface area contributed by atoms with E-state index in [1.54, 1.807) is 11.5 Å². The van der Waals surface area contributed by atoms with Gasteiger partial charge in [-0.05, 0) is 19.8 Å². The Labute approximate surface area is 105 Å². The van der Waals surface area contributed by atoms with Gasteiger partial charge in [-0.15, -0.1) is 0 Å². The summed E-state index contributed by atoms with van der Waals surface area (Å²) in [5.74, 6) is 0.286. The van der Waals surface area contributed by atoms with E-state index in [2.05, 4.69) is 15.0 Å². The third-order valence-electron chi connectivity index (χ3n) is 2.95. The SMILES string of the molecule is COC(=O)c1cnc(C)n1CCC(=O)NC1CC1. The molecule has 1 heterocycles. The van der Waals surface area contributed by atoms with Gasteiger partial charge < -0.3 is 14.6 Å². The molecule has 0 atom stereocenters. The van der Waals surface area contributed by atoms with Crippen LogP contribution in [-0.4, -0.2) is 34.6 Å². The van der Waals surface area contributed by atoms with Gasteiger partial charge in [0.25, 0.3) is 0 Å². The Balaban J connectivity index is 1.96. The van der Waals surface area contributed by atoms with Crippen molar-refractivity contribution in [1.82, 2.24) is 14.9 Å². The predicted octanol–water partition coefficient (Wildman–Crippen LogP) is 0.647. The van der Waals surface area contributed by atoms with Gasteiger partial charge in [-0.1, -0.05) is 0 Å². The van der Waals surface area contributed by atoms with Gasteiger partial charge in [0.05, 0.1) is 13.3 Å². The lowest BCUT2D eigenvalue weighted by Crippen LogP contribution is -2.27. The van der Waals surface area contributed by atoms with E-state index in [9.17, 15) is 9.59 Å². The number of ether oxygens (including phenoxy) is 1. The summed E-state index contributed by atoms with van der Waals surface area (Å²) in [5.41, 5.74) is 0.384. The van der Waals surface area contributed by atoms with Crippen LogP contribution in [0.15, 0.2) is 6.20 Å². The Bertz CT molecular complexity index is 463. The highest BCUT2D eigenvalue weighted by Crippen LogP contribution is 2.18. The number of nitrogens with one attached hydrogen (secondary N) is 1. The molecule has 0 aromatic carbocycles. The fourth-order valence-electron chi connectivity index (χ4n) is 1.76. The summed E-state index contributed by atoms with van der Waals surface area (Å²) in [6.07, 6.45) is 3.96. The molecular weight excluding hydrogens is 234 g/mol. The summed E-state index contributed by atoms with van der Waals surface area (Å²) >= 11 is 0. The first-order chi connectivity index (χ1) is 8.61. The maximum absolute atomic E-state index is 11.6. The topological polar surface area (TPSA) is 73.2 Å². The molecule has 1 amide bonds. The van der Waals surface area contributed by atoms with Crippen LogP contribution in [0.3, 0.4) is 0 Å². The number of carbonyl (C=O) groups excluding carboxylic acids is 2. The summed E-state index contributed by atoms with van der Waals surface area (Å²) in [6, 6.07) is 0.362. The van der Waals surface area contributed by atoms with Crippen molar-refractivity contribution in [2.75, 3.05) is 7.11 Å². The lowest BCUT2D eigenvalue weighted by molar-refractivity contribution is -0.121. The zero-order valence-electron chi connectivity index (χ0n) is 10.6. The lowest BCUT2D eigenvalue weighted by Gasteiger charge is -2.09. The fraction of sp³-hybridized carbons (Fsp3) is 0.583. The maximum atomic E-state index is 11.6. The molecule has 0 unspecified atom stereocenters. The zero-order chi connectivity index (χ0) is 13.1. The summed E-state index contributed by atoms with van der Waals surface area (Å²) in [7, 11) is 1.33. The second-order valence-corrected chi connectivity index (χ2v) is 4.43. The van der Waals surface area contributed by atoms with Crippen molar-refractivity contribution in [1.29, 1.82) is 0 Å². The number of hydrogen-bond donors (Lipinski definition) is 1. The van der Waals surface area contributed by atoms with Crippen LogP contribution in [0, 0.1) is 6.92 Å². The van der Waals surface area contributed by atoms with Gasteiger partial charge in [0.2, 0.25) is 5.91 Å². The number of carbonyl (C=O) groups is 2. The molecule has 0 aliphatic heterocycles. The first kappa shape index (κ1) is 12.6. The summed E-state index contributed by atoms with van der Waals surface area (Å²) in [6.45, 7) is 2.24. The minimum absolute atomic E-state index is 0.0152. The van der Waals surface area contributed by atoms with Crippen LogP contribution >= 0.6 is 0 Å². The van der Waals surface area contributed by atoms with E-state index in [0.29, 0.717) is 30.5 Å². The first-order valence-electron chi connectivity index (χ1n) is 6.01. The molecule has 1 fully saturated rings. The van der Waals surface area contributed by atoms with E-state index in [4.69, 9.17) is 0 Å². The van der Waals surface area contributed by atoms with E-state index in [1.165, 1.54) is 13.3 Å². The first-order valence-corrected chi connectivity index (χ1v) is 6.01. The number of amides is 1. The van der Waals surface area contributed by atoms with E-state index in [1.807, 2.05) is 0 Å². The van der Waals surface area contributed by atoms with E-state index in [0.717, 1.165) is 12.8 Å². The van der Waals surface area contributed by atoms with Crippen molar-refractivity contribution in [3.63, 3.8) is 0 Å². The second kappa shape index (κ2) is 5.20. The van der Waals surface area contributed by atoms with E-state index >= 15 is 0 Å². The quantitative estimate of drug-likeness (QED) is 0.780. The summed E-state index contributed by atoms with van der Waals surface area (Å²) < 4.78 is 6.38. The zero-order valence-corrected chi connectivity index (χ0v) is 10.6. The van der Waals surface area contributed by atoms with Crippen LogP contribution in [0.25, 0.3) is 0 Å². The molecular formula is C12H17N3O3. The molecule has 98 valence electrons. The van der Waals surface area contributed by atoms with Crippen LogP contribution in [0.5, 0.6) is 0 Å². The molecule has 1 aromatic rings. The van der Waals surface area contributed by atoms with Gasteiger partial charge in [-0.2, -0.15) is 0 Å². The van der Waals surface area contributed by atoms with Crippen molar-refractivity contribution in [2.24, 2.45) is 0 Å². The van der Waals surface area contributed by atoms with Crippen molar-refractivity contribution in [3.8, 4) is 0 Å². The number of hydrogen-bond acceptors (Lipinski definition) is 4. The second-order valence-electron chi connectivity index (χ2n) is 4.43. The highest BCUT2D eigenvalue weighted by molar-refractivity contribution is 5.87. The van der Waals surface area contributed by atoms with Gasteiger partial charge in [0, 0.05) is 19.0 Å². The Hall–Kier alpha value is -1.85.